The Balaban J connectivity index is 0.000000762. The molecule has 1 fully saturated rings. The van der Waals surface area contributed by atoms with Crippen molar-refractivity contribution in [3.8, 4) is 5.75 Å². The summed E-state index contributed by atoms with van der Waals surface area (Å²) >= 11 is 0. The van der Waals surface area contributed by atoms with Crippen LogP contribution in [-0.4, -0.2) is 91.8 Å². The first-order chi connectivity index (χ1) is 16.1. The van der Waals surface area contributed by atoms with Crippen LogP contribution in [0.4, 0.5) is 32.0 Å². The van der Waals surface area contributed by atoms with Crippen molar-refractivity contribution >= 4 is 23.5 Å². The summed E-state index contributed by atoms with van der Waals surface area (Å²) in [5.41, 5.74) is -0.729. The molecule has 198 valence electrons. The second-order valence-corrected chi connectivity index (χ2v) is 7.46. The largest absolute Gasteiger partial charge is 0.492 e. The van der Waals surface area contributed by atoms with Gasteiger partial charge in [-0.25, -0.2) is 9.59 Å². The summed E-state index contributed by atoms with van der Waals surface area (Å²) < 4.78 is 82.2. The minimum absolute atomic E-state index is 0.173. The molecule has 9 nitrogen and oxygen atoms in total. The number of aliphatic carboxylic acids is 1. The van der Waals surface area contributed by atoms with Crippen molar-refractivity contribution in [2.45, 2.75) is 31.2 Å². The fraction of sp³-hybridized carbons (Fsp3) is 0.550. The van der Waals surface area contributed by atoms with Crippen molar-refractivity contribution in [2.75, 3.05) is 45.4 Å². The lowest BCUT2D eigenvalue weighted by Gasteiger charge is -2.35. The Morgan fingerprint density at radius 1 is 1.03 bits per heavy atom. The maximum atomic E-state index is 13.3. The van der Waals surface area contributed by atoms with Gasteiger partial charge < -0.3 is 29.5 Å². The highest BCUT2D eigenvalue weighted by Gasteiger charge is 2.46. The molecular formula is C20H24F6N2O7. The number of amides is 1. The van der Waals surface area contributed by atoms with Crippen LogP contribution in [0, 0.1) is 0 Å². The molecular weight excluding hydrogens is 494 g/mol. The summed E-state index contributed by atoms with van der Waals surface area (Å²) in [6, 6.07) is 2.87. The molecule has 1 aromatic carbocycles. The number of rotatable bonds is 7. The molecule has 0 atom stereocenters. The highest BCUT2D eigenvalue weighted by atomic mass is 19.4. The minimum atomic E-state index is -5.14. The summed E-state index contributed by atoms with van der Waals surface area (Å²) in [6.07, 6.45) is -9.88. The number of nitrogens with zero attached hydrogens (tertiary/aromatic N) is 2. The van der Waals surface area contributed by atoms with E-state index in [0.29, 0.717) is 11.4 Å². The number of ether oxygens (including phenoxy) is 2. The van der Waals surface area contributed by atoms with Crippen molar-refractivity contribution in [3.63, 3.8) is 0 Å². The van der Waals surface area contributed by atoms with E-state index in [1.165, 1.54) is 12.1 Å². The first kappa shape index (κ1) is 30.0. The van der Waals surface area contributed by atoms with Crippen LogP contribution >= 0.6 is 0 Å². The summed E-state index contributed by atoms with van der Waals surface area (Å²) in [6.45, 7) is 1.19. The topological polar surface area (TPSA) is 117 Å². The number of hydrogen-bond acceptors (Lipinski definition) is 6. The predicted octanol–water partition coefficient (Wildman–Crippen LogP) is 3.03. The number of carbonyl (C=O) groups is 3. The number of likely N-dealkylation sites (N-methyl/N-ethyl adjacent to an activating group) is 1. The van der Waals surface area contributed by atoms with Crippen LogP contribution in [0.2, 0.25) is 0 Å². The summed E-state index contributed by atoms with van der Waals surface area (Å²) in [5, 5.41) is 16.6. The standard InChI is InChI=1S/C18H23F3N2O5.C2HF3O2/c1-22(2)7-10-28-13-3-4-14(16(24)25)15(11-13)23(17(26)18(19,20)21)12-5-8-27-9-6-12;3-2(4,5)1(6)7/h3-4,11-12H,5-10H2,1-2H3,(H,24,25);(H,6,7). The third kappa shape index (κ3) is 9.60. The van der Waals surface area contributed by atoms with Gasteiger partial charge in [-0.05, 0) is 39.1 Å². The van der Waals surface area contributed by atoms with E-state index in [-0.39, 0.29) is 44.1 Å². The van der Waals surface area contributed by atoms with Gasteiger partial charge in [0.1, 0.15) is 12.4 Å². The van der Waals surface area contributed by atoms with Gasteiger partial charge in [0, 0.05) is 31.9 Å². The van der Waals surface area contributed by atoms with Crippen LogP contribution in [-0.2, 0) is 14.3 Å². The number of anilines is 1. The van der Waals surface area contributed by atoms with Crippen LogP contribution in [0.5, 0.6) is 5.75 Å². The zero-order valence-corrected chi connectivity index (χ0v) is 18.6. The normalized spacial score (nSPS) is 14.7. The van der Waals surface area contributed by atoms with Gasteiger partial charge in [0.25, 0.3) is 0 Å². The van der Waals surface area contributed by atoms with Gasteiger partial charge in [-0.2, -0.15) is 26.3 Å². The molecule has 1 amide bonds. The molecule has 0 radical (unpaired) electrons. The van der Waals surface area contributed by atoms with Crippen LogP contribution in [0.25, 0.3) is 0 Å². The van der Waals surface area contributed by atoms with Crippen LogP contribution in [0.3, 0.4) is 0 Å². The van der Waals surface area contributed by atoms with E-state index in [2.05, 4.69) is 0 Å². The number of halogens is 6. The molecule has 0 spiro atoms. The fourth-order valence-electron chi connectivity index (χ4n) is 2.88. The van der Waals surface area contributed by atoms with E-state index in [1.54, 1.807) is 0 Å². The van der Waals surface area contributed by atoms with Crippen molar-refractivity contribution in [3.05, 3.63) is 23.8 Å². The van der Waals surface area contributed by atoms with Gasteiger partial charge in [0.2, 0.25) is 0 Å². The molecule has 1 heterocycles. The van der Waals surface area contributed by atoms with Crippen molar-refractivity contribution < 1.29 is 60.4 Å². The molecule has 1 aliphatic heterocycles. The quantitative estimate of drug-likeness (QED) is 0.530. The smallest absolute Gasteiger partial charge is 0.490 e. The van der Waals surface area contributed by atoms with Gasteiger partial charge in [0.15, 0.2) is 0 Å². The first-order valence-corrected chi connectivity index (χ1v) is 9.98. The molecule has 1 aliphatic rings. The Hall–Kier alpha value is -3.07. The third-order valence-corrected chi connectivity index (χ3v) is 4.53. The second-order valence-electron chi connectivity index (χ2n) is 7.46. The Labute approximate surface area is 195 Å². The highest BCUT2D eigenvalue weighted by Crippen LogP contribution is 2.34. The van der Waals surface area contributed by atoms with Gasteiger partial charge in [-0.1, -0.05) is 0 Å². The van der Waals surface area contributed by atoms with Crippen molar-refractivity contribution in [1.82, 2.24) is 4.90 Å². The molecule has 2 N–H and O–H groups in total. The van der Waals surface area contributed by atoms with Crippen LogP contribution < -0.4 is 9.64 Å². The maximum absolute atomic E-state index is 13.3. The Morgan fingerprint density at radius 3 is 2.00 bits per heavy atom. The monoisotopic (exact) mass is 518 g/mol. The molecule has 0 aliphatic carbocycles. The Morgan fingerprint density at radius 2 is 1.57 bits per heavy atom. The lowest BCUT2D eigenvalue weighted by molar-refractivity contribution is -0.192. The van der Waals surface area contributed by atoms with Crippen molar-refractivity contribution in [1.29, 1.82) is 0 Å². The second kappa shape index (κ2) is 12.6. The van der Waals surface area contributed by atoms with Gasteiger partial charge in [-0.3, -0.25) is 4.79 Å². The van der Waals surface area contributed by atoms with E-state index in [0.717, 1.165) is 6.07 Å². The molecule has 0 aromatic heterocycles. The maximum Gasteiger partial charge on any atom is 0.490 e. The molecule has 2 rings (SSSR count). The molecule has 0 unspecified atom stereocenters. The number of benzene rings is 1. The predicted molar refractivity (Wildman–Crippen MR) is 109 cm³/mol. The Kier molecular flexibility index (Phi) is 10.8. The number of carboxylic acids is 2. The van der Waals surface area contributed by atoms with E-state index in [9.17, 15) is 41.0 Å². The fourth-order valence-corrected chi connectivity index (χ4v) is 2.88. The average Bonchev–Trinajstić information content (AvgIpc) is 2.73. The van der Waals surface area contributed by atoms with E-state index in [4.69, 9.17) is 19.4 Å². The number of carboxylic acid groups (broad SMARTS) is 2. The Bertz CT molecular complexity index is 884. The SMILES string of the molecule is CN(C)CCOc1ccc(C(=O)O)c(N(C(=O)C(F)(F)F)C2CCOCC2)c1.O=C(O)C(F)(F)F. The average molecular weight is 518 g/mol. The van der Waals surface area contributed by atoms with E-state index in [1.807, 2.05) is 19.0 Å². The molecule has 35 heavy (non-hydrogen) atoms. The van der Waals surface area contributed by atoms with Gasteiger partial charge in [-0.15, -0.1) is 0 Å². The molecule has 1 saturated heterocycles. The van der Waals surface area contributed by atoms with Crippen LogP contribution in [0.15, 0.2) is 18.2 Å². The summed E-state index contributed by atoms with van der Waals surface area (Å²) in [7, 11) is 3.66. The molecule has 0 bridgehead atoms. The van der Waals surface area contributed by atoms with E-state index >= 15 is 0 Å². The zero-order chi connectivity index (χ0) is 27.0. The van der Waals surface area contributed by atoms with Gasteiger partial charge in [0.05, 0.1) is 11.3 Å². The molecule has 15 heteroatoms. The highest BCUT2D eigenvalue weighted by molar-refractivity contribution is 6.04. The third-order valence-electron chi connectivity index (χ3n) is 4.53. The van der Waals surface area contributed by atoms with Crippen LogP contribution in [0.1, 0.15) is 23.2 Å². The molecule has 0 saturated carbocycles. The minimum Gasteiger partial charge on any atom is -0.492 e. The van der Waals surface area contributed by atoms with Gasteiger partial charge >= 0.3 is 30.2 Å². The number of alkyl halides is 6. The van der Waals surface area contributed by atoms with Crippen molar-refractivity contribution in [2.24, 2.45) is 0 Å². The lowest BCUT2D eigenvalue weighted by atomic mass is 10.0. The molecule has 1 aromatic rings. The number of carbonyl (C=O) groups excluding carboxylic acids is 1. The zero-order valence-electron chi connectivity index (χ0n) is 18.6. The first-order valence-electron chi connectivity index (χ1n) is 9.98. The summed E-state index contributed by atoms with van der Waals surface area (Å²) in [4.78, 5) is 35.1. The number of hydrogen-bond donors (Lipinski definition) is 2. The summed E-state index contributed by atoms with van der Waals surface area (Å²) in [5.74, 6) is -6.10. The number of aromatic carboxylic acids is 1. The van der Waals surface area contributed by atoms with E-state index < -0.39 is 41.8 Å². The lowest BCUT2D eigenvalue weighted by Crippen LogP contribution is -2.50.